The standard InChI is InChI=1S/C15H19N3O3.ClH/c19-11-8-12(17-9-11)15(21)16-5-6-18-13-4-2-1-3-10(13)7-14(18)20;/h1-4,11-12,17,19H,5-9H2,(H,16,21);1H. The lowest BCUT2D eigenvalue weighted by molar-refractivity contribution is -0.123. The van der Waals surface area contributed by atoms with Gasteiger partial charge in [-0.25, -0.2) is 0 Å². The van der Waals surface area contributed by atoms with Crippen molar-refractivity contribution in [2.45, 2.75) is 25.0 Å². The minimum Gasteiger partial charge on any atom is -0.392 e. The minimum atomic E-state index is -0.451. The third-order valence-electron chi connectivity index (χ3n) is 3.98. The van der Waals surface area contributed by atoms with Crippen LogP contribution >= 0.6 is 12.4 Å². The number of halogens is 1. The van der Waals surface area contributed by atoms with Gasteiger partial charge in [-0.15, -0.1) is 12.4 Å². The second kappa shape index (κ2) is 7.09. The Morgan fingerprint density at radius 1 is 1.41 bits per heavy atom. The Labute approximate surface area is 135 Å². The maximum Gasteiger partial charge on any atom is 0.237 e. The molecule has 2 atom stereocenters. The van der Waals surface area contributed by atoms with Crippen molar-refractivity contribution in [2.75, 3.05) is 24.5 Å². The molecule has 0 bridgehead atoms. The first-order valence-corrected chi connectivity index (χ1v) is 7.22. The van der Waals surface area contributed by atoms with E-state index in [-0.39, 0.29) is 30.3 Å². The SMILES string of the molecule is Cl.O=C(NCCN1C(=O)Cc2ccccc21)C1CC(O)CN1. The number of aliphatic hydroxyl groups is 1. The van der Waals surface area contributed by atoms with E-state index in [0.717, 1.165) is 11.3 Å². The number of anilines is 1. The number of rotatable bonds is 4. The Morgan fingerprint density at radius 2 is 2.18 bits per heavy atom. The van der Waals surface area contributed by atoms with Crippen LogP contribution in [0.2, 0.25) is 0 Å². The van der Waals surface area contributed by atoms with Crippen LogP contribution in [0.5, 0.6) is 0 Å². The number of fused-ring (bicyclic) bond motifs is 1. The first kappa shape index (κ1) is 16.7. The zero-order valence-electron chi connectivity index (χ0n) is 12.1. The lowest BCUT2D eigenvalue weighted by atomic mass is 10.2. The Morgan fingerprint density at radius 3 is 2.91 bits per heavy atom. The van der Waals surface area contributed by atoms with Crippen LogP contribution in [0.4, 0.5) is 5.69 Å². The van der Waals surface area contributed by atoms with Crippen molar-refractivity contribution in [1.29, 1.82) is 0 Å². The molecule has 1 aromatic carbocycles. The minimum absolute atomic E-state index is 0. The zero-order chi connectivity index (χ0) is 14.8. The fourth-order valence-electron chi connectivity index (χ4n) is 2.89. The number of para-hydroxylation sites is 1. The van der Waals surface area contributed by atoms with E-state index >= 15 is 0 Å². The quantitative estimate of drug-likeness (QED) is 0.718. The van der Waals surface area contributed by atoms with Crippen molar-refractivity contribution in [3.8, 4) is 0 Å². The van der Waals surface area contributed by atoms with Crippen LogP contribution < -0.4 is 15.5 Å². The third-order valence-corrected chi connectivity index (χ3v) is 3.98. The molecule has 2 heterocycles. The molecule has 0 aliphatic carbocycles. The molecule has 2 amide bonds. The highest BCUT2D eigenvalue weighted by Crippen LogP contribution is 2.27. The summed E-state index contributed by atoms with van der Waals surface area (Å²) in [7, 11) is 0. The summed E-state index contributed by atoms with van der Waals surface area (Å²) >= 11 is 0. The lowest BCUT2D eigenvalue weighted by Crippen LogP contribution is -2.44. The molecule has 7 heteroatoms. The maximum atomic E-state index is 12.0. The Balaban J connectivity index is 0.00000176. The van der Waals surface area contributed by atoms with Crippen molar-refractivity contribution in [1.82, 2.24) is 10.6 Å². The van der Waals surface area contributed by atoms with E-state index in [9.17, 15) is 14.7 Å². The predicted molar refractivity (Wildman–Crippen MR) is 85.2 cm³/mol. The summed E-state index contributed by atoms with van der Waals surface area (Å²) in [5, 5.41) is 15.2. The first-order chi connectivity index (χ1) is 10.1. The highest BCUT2D eigenvalue weighted by atomic mass is 35.5. The number of carbonyl (C=O) groups excluding carboxylic acids is 2. The summed E-state index contributed by atoms with van der Waals surface area (Å²) in [6, 6.07) is 7.38. The predicted octanol–water partition coefficient (Wildman–Crippen LogP) is -0.164. The van der Waals surface area contributed by atoms with Gasteiger partial charge in [-0.2, -0.15) is 0 Å². The smallest absolute Gasteiger partial charge is 0.237 e. The normalized spacial score (nSPS) is 23.1. The fraction of sp³-hybridized carbons (Fsp3) is 0.467. The maximum absolute atomic E-state index is 12.0. The van der Waals surface area contributed by atoms with E-state index in [4.69, 9.17) is 0 Å². The van der Waals surface area contributed by atoms with E-state index in [1.165, 1.54) is 0 Å². The lowest BCUT2D eigenvalue weighted by Gasteiger charge is -2.18. The molecule has 1 saturated heterocycles. The molecule has 0 spiro atoms. The van der Waals surface area contributed by atoms with E-state index < -0.39 is 6.10 Å². The zero-order valence-corrected chi connectivity index (χ0v) is 12.9. The number of amides is 2. The Bertz CT molecular complexity index is 567. The number of benzene rings is 1. The van der Waals surface area contributed by atoms with Crippen LogP contribution in [0.3, 0.4) is 0 Å². The van der Waals surface area contributed by atoms with Crippen LogP contribution in [0.15, 0.2) is 24.3 Å². The summed E-state index contributed by atoms with van der Waals surface area (Å²) in [5.74, 6) is -0.0497. The molecule has 2 aliphatic rings. The van der Waals surface area contributed by atoms with Gasteiger partial charge in [0, 0.05) is 25.3 Å². The second-order valence-corrected chi connectivity index (χ2v) is 5.49. The molecular formula is C15H20ClN3O3. The van der Waals surface area contributed by atoms with Crippen molar-refractivity contribution in [3.63, 3.8) is 0 Å². The Hall–Kier alpha value is -1.63. The molecule has 6 nitrogen and oxygen atoms in total. The largest absolute Gasteiger partial charge is 0.392 e. The van der Waals surface area contributed by atoms with Gasteiger partial charge >= 0.3 is 0 Å². The fourth-order valence-corrected chi connectivity index (χ4v) is 2.89. The molecule has 1 fully saturated rings. The van der Waals surface area contributed by atoms with E-state index in [1.807, 2.05) is 24.3 Å². The monoisotopic (exact) mass is 325 g/mol. The van der Waals surface area contributed by atoms with Gasteiger partial charge in [-0.1, -0.05) is 18.2 Å². The molecule has 0 aromatic heterocycles. The number of nitrogens with one attached hydrogen (secondary N) is 2. The van der Waals surface area contributed by atoms with Crippen molar-refractivity contribution in [2.24, 2.45) is 0 Å². The summed E-state index contributed by atoms with van der Waals surface area (Å²) in [5.41, 5.74) is 1.97. The summed E-state index contributed by atoms with van der Waals surface area (Å²) in [6.07, 6.45) is 0.422. The molecule has 3 N–H and O–H groups in total. The summed E-state index contributed by atoms with van der Waals surface area (Å²) in [6.45, 7) is 1.33. The molecule has 2 unspecified atom stereocenters. The number of hydrogen-bond acceptors (Lipinski definition) is 4. The number of nitrogens with zero attached hydrogens (tertiary/aromatic N) is 1. The molecule has 22 heavy (non-hydrogen) atoms. The van der Waals surface area contributed by atoms with Crippen molar-refractivity contribution < 1.29 is 14.7 Å². The van der Waals surface area contributed by atoms with Gasteiger partial charge in [-0.3, -0.25) is 9.59 Å². The first-order valence-electron chi connectivity index (χ1n) is 7.22. The van der Waals surface area contributed by atoms with Gasteiger partial charge in [0.2, 0.25) is 11.8 Å². The second-order valence-electron chi connectivity index (χ2n) is 5.49. The number of hydrogen-bond donors (Lipinski definition) is 3. The van der Waals surface area contributed by atoms with Gasteiger partial charge in [0.15, 0.2) is 0 Å². The van der Waals surface area contributed by atoms with E-state index in [1.54, 1.807) is 4.90 Å². The molecule has 3 rings (SSSR count). The Kier molecular flexibility index (Phi) is 5.39. The van der Waals surface area contributed by atoms with Gasteiger partial charge in [0.25, 0.3) is 0 Å². The summed E-state index contributed by atoms with van der Waals surface area (Å²) < 4.78 is 0. The highest BCUT2D eigenvalue weighted by molar-refractivity contribution is 6.01. The van der Waals surface area contributed by atoms with Gasteiger partial charge in [0.1, 0.15) is 0 Å². The molecule has 1 aromatic rings. The average Bonchev–Trinajstić information content (AvgIpc) is 3.03. The molecule has 0 radical (unpaired) electrons. The van der Waals surface area contributed by atoms with Gasteiger partial charge in [-0.05, 0) is 18.1 Å². The average molecular weight is 326 g/mol. The number of carbonyl (C=O) groups is 2. The highest BCUT2D eigenvalue weighted by Gasteiger charge is 2.29. The summed E-state index contributed by atoms with van der Waals surface area (Å²) in [4.78, 5) is 25.6. The van der Waals surface area contributed by atoms with Crippen molar-refractivity contribution >= 4 is 29.9 Å². The van der Waals surface area contributed by atoms with Crippen LogP contribution in [-0.2, 0) is 16.0 Å². The topological polar surface area (TPSA) is 81.7 Å². The van der Waals surface area contributed by atoms with Crippen LogP contribution in [0, 0.1) is 0 Å². The van der Waals surface area contributed by atoms with E-state index in [0.29, 0.717) is 32.5 Å². The molecule has 120 valence electrons. The van der Waals surface area contributed by atoms with Crippen LogP contribution in [0.25, 0.3) is 0 Å². The van der Waals surface area contributed by atoms with Crippen molar-refractivity contribution in [3.05, 3.63) is 29.8 Å². The molecule has 2 aliphatic heterocycles. The van der Waals surface area contributed by atoms with Crippen LogP contribution in [-0.4, -0.2) is 48.7 Å². The van der Waals surface area contributed by atoms with Crippen LogP contribution in [0.1, 0.15) is 12.0 Å². The van der Waals surface area contributed by atoms with Gasteiger partial charge in [0.05, 0.1) is 18.6 Å². The van der Waals surface area contributed by atoms with Gasteiger partial charge < -0.3 is 20.6 Å². The molecular weight excluding hydrogens is 306 g/mol. The van der Waals surface area contributed by atoms with E-state index in [2.05, 4.69) is 10.6 Å². The number of β-amino-alcohol motifs (C(OH)–C–C–N with tert-alkyl or cyclic N) is 1. The molecule has 0 saturated carbocycles. The third kappa shape index (κ3) is 3.40. The number of aliphatic hydroxyl groups excluding tert-OH is 1.